The third-order valence-corrected chi connectivity index (χ3v) is 4.47. The van der Waals surface area contributed by atoms with Crippen molar-refractivity contribution in [2.24, 2.45) is 5.73 Å². The van der Waals surface area contributed by atoms with Gasteiger partial charge in [0.15, 0.2) is 0 Å². The normalized spacial score (nSPS) is 13.6. The van der Waals surface area contributed by atoms with Gasteiger partial charge in [-0.15, -0.1) is 11.8 Å². The van der Waals surface area contributed by atoms with Gasteiger partial charge in [0, 0.05) is 22.9 Å². The van der Waals surface area contributed by atoms with Gasteiger partial charge in [0.1, 0.15) is 9.84 Å². The maximum absolute atomic E-state index is 11.0. The molecule has 0 saturated heterocycles. The van der Waals surface area contributed by atoms with Crippen LogP contribution in [0.3, 0.4) is 0 Å². The number of hydrogen-bond acceptors (Lipinski definition) is 4. The van der Waals surface area contributed by atoms with Gasteiger partial charge in [-0.05, 0) is 25.5 Å². The first-order chi connectivity index (χ1) is 7.87. The fraction of sp³-hybridized carbons (Fsp3) is 0.500. The Morgan fingerprint density at radius 3 is 2.71 bits per heavy atom. The van der Waals surface area contributed by atoms with Crippen molar-refractivity contribution in [2.45, 2.75) is 24.3 Å². The van der Waals surface area contributed by atoms with Crippen LogP contribution in [0.15, 0.2) is 29.2 Å². The fourth-order valence-electron chi connectivity index (χ4n) is 1.36. The van der Waals surface area contributed by atoms with E-state index in [1.54, 1.807) is 11.8 Å². The molecule has 0 fully saturated rings. The van der Waals surface area contributed by atoms with Crippen LogP contribution < -0.4 is 5.73 Å². The molecule has 0 aliphatic rings. The third kappa shape index (κ3) is 6.71. The molecule has 1 rings (SSSR count). The summed E-state index contributed by atoms with van der Waals surface area (Å²) >= 11 is 1.67. The average molecular weight is 273 g/mol. The number of nitrogens with two attached hydrogens (primary N) is 1. The van der Waals surface area contributed by atoms with Crippen molar-refractivity contribution in [2.75, 3.05) is 17.8 Å². The molecule has 1 atom stereocenters. The van der Waals surface area contributed by atoms with Gasteiger partial charge in [-0.1, -0.05) is 17.7 Å². The smallest absolute Gasteiger partial charge is 0.147 e. The number of aryl methyl sites for hydroxylation is 1. The molecule has 0 aliphatic carbocycles. The highest BCUT2D eigenvalue weighted by Gasteiger charge is 2.08. The van der Waals surface area contributed by atoms with Gasteiger partial charge in [0.05, 0.1) is 5.75 Å². The van der Waals surface area contributed by atoms with E-state index < -0.39 is 9.84 Å². The second-order valence-electron chi connectivity index (χ2n) is 4.31. The minimum atomic E-state index is -2.90. The van der Waals surface area contributed by atoms with E-state index in [0.29, 0.717) is 6.42 Å². The highest BCUT2D eigenvalue weighted by Crippen LogP contribution is 2.19. The molecular weight excluding hydrogens is 254 g/mol. The second kappa shape index (κ2) is 6.42. The van der Waals surface area contributed by atoms with Gasteiger partial charge in [-0.3, -0.25) is 0 Å². The van der Waals surface area contributed by atoms with Crippen molar-refractivity contribution >= 4 is 21.6 Å². The lowest BCUT2D eigenvalue weighted by Crippen LogP contribution is -2.25. The molecule has 5 heteroatoms. The predicted octanol–water partition coefficient (Wildman–Crippen LogP) is 1.85. The first kappa shape index (κ1) is 14.5. The van der Waals surface area contributed by atoms with E-state index in [1.807, 2.05) is 25.1 Å². The molecule has 0 bridgehead atoms. The lowest BCUT2D eigenvalue weighted by atomic mass is 10.2. The summed E-state index contributed by atoms with van der Waals surface area (Å²) in [7, 11) is -2.90. The number of hydrogen-bond donors (Lipinski definition) is 1. The van der Waals surface area contributed by atoms with E-state index in [-0.39, 0.29) is 11.8 Å². The highest BCUT2D eigenvalue weighted by molar-refractivity contribution is 7.99. The molecule has 96 valence electrons. The Hall–Kier alpha value is -0.520. The lowest BCUT2D eigenvalue weighted by Gasteiger charge is -2.10. The van der Waals surface area contributed by atoms with E-state index in [0.717, 1.165) is 5.75 Å². The minimum Gasteiger partial charge on any atom is -0.327 e. The van der Waals surface area contributed by atoms with Crippen molar-refractivity contribution in [3.63, 3.8) is 0 Å². The van der Waals surface area contributed by atoms with Gasteiger partial charge in [0.2, 0.25) is 0 Å². The molecular formula is C12H19NO2S2. The predicted molar refractivity (Wildman–Crippen MR) is 74.2 cm³/mol. The summed E-state index contributed by atoms with van der Waals surface area (Å²) in [5.74, 6) is 0.918. The monoisotopic (exact) mass is 273 g/mol. The molecule has 0 heterocycles. The van der Waals surface area contributed by atoms with Crippen molar-refractivity contribution < 1.29 is 8.42 Å². The molecule has 0 amide bonds. The van der Waals surface area contributed by atoms with E-state index >= 15 is 0 Å². The van der Waals surface area contributed by atoms with E-state index in [2.05, 4.69) is 6.07 Å². The third-order valence-electron chi connectivity index (χ3n) is 2.31. The van der Waals surface area contributed by atoms with E-state index in [4.69, 9.17) is 5.73 Å². The van der Waals surface area contributed by atoms with Crippen LogP contribution >= 0.6 is 11.8 Å². The van der Waals surface area contributed by atoms with Crippen LogP contribution in [0.25, 0.3) is 0 Å². The molecule has 0 aromatic heterocycles. The van der Waals surface area contributed by atoms with Gasteiger partial charge in [-0.25, -0.2) is 8.42 Å². The first-order valence-corrected chi connectivity index (χ1v) is 8.54. The molecule has 3 nitrogen and oxygen atoms in total. The van der Waals surface area contributed by atoms with Crippen LogP contribution in [-0.4, -0.2) is 32.2 Å². The van der Waals surface area contributed by atoms with Crippen molar-refractivity contribution in [3.05, 3.63) is 29.8 Å². The van der Waals surface area contributed by atoms with Crippen LogP contribution in [0.2, 0.25) is 0 Å². The number of rotatable bonds is 6. The zero-order valence-corrected chi connectivity index (χ0v) is 11.9. The number of benzene rings is 1. The summed E-state index contributed by atoms with van der Waals surface area (Å²) in [6.45, 7) is 2.05. The quantitative estimate of drug-likeness (QED) is 0.804. The SMILES string of the molecule is Cc1cccc(SCC(N)CCS(C)(=O)=O)c1. The Balaban J connectivity index is 2.36. The maximum atomic E-state index is 11.0. The summed E-state index contributed by atoms with van der Waals surface area (Å²) in [5.41, 5.74) is 7.10. The summed E-state index contributed by atoms with van der Waals surface area (Å²) in [4.78, 5) is 1.18. The van der Waals surface area contributed by atoms with Crippen LogP contribution in [0.5, 0.6) is 0 Å². The van der Waals surface area contributed by atoms with Gasteiger partial charge >= 0.3 is 0 Å². The Morgan fingerprint density at radius 2 is 2.12 bits per heavy atom. The molecule has 0 spiro atoms. The topological polar surface area (TPSA) is 60.2 Å². The highest BCUT2D eigenvalue weighted by atomic mass is 32.2. The van der Waals surface area contributed by atoms with Crippen LogP contribution in [0.1, 0.15) is 12.0 Å². The molecule has 2 N–H and O–H groups in total. The zero-order chi connectivity index (χ0) is 12.9. The Morgan fingerprint density at radius 1 is 1.41 bits per heavy atom. The Labute approximate surface area is 108 Å². The Bertz CT molecular complexity index is 457. The lowest BCUT2D eigenvalue weighted by molar-refractivity contribution is 0.594. The van der Waals surface area contributed by atoms with Crippen LogP contribution in [-0.2, 0) is 9.84 Å². The second-order valence-corrected chi connectivity index (χ2v) is 7.66. The summed E-state index contributed by atoms with van der Waals surface area (Å²) in [5, 5.41) is 0. The molecule has 1 aromatic carbocycles. The van der Waals surface area contributed by atoms with Gasteiger partial charge < -0.3 is 5.73 Å². The van der Waals surface area contributed by atoms with E-state index in [1.165, 1.54) is 16.7 Å². The standard InChI is InChI=1S/C12H19NO2S2/c1-10-4-3-5-12(8-10)16-9-11(13)6-7-17(2,14)15/h3-5,8,11H,6-7,9,13H2,1-2H3. The zero-order valence-electron chi connectivity index (χ0n) is 10.2. The summed E-state index contributed by atoms with van der Waals surface area (Å²) < 4.78 is 22.0. The van der Waals surface area contributed by atoms with Crippen molar-refractivity contribution in [1.29, 1.82) is 0 Å². The molecule has 1 aromatic rings. The molecule has 17 heavy (non-hydrogen) atoms. The first-order valence-electron chi connectivity index (χ1n) is 5.49. The average Bonchev–Trinajstić information content (AvgIpc) is 2.23. The van der Waals surface area contributed by atoms with E-state index in [9.17, 15) is 8.42 Å². The minimum absolute atomic E-state index is 0.0739. The molecule has 1 unspecified atom stereocenters. The molecule has 0 aliphatic heterocycles. The maximum Gasteiger partial charge on any atom is 0.147 e. The van der Waals surface area contributed by atoms with Crippen molar-refractivity contribution in [3.8, 4) is 0 Å². The van der Waals surface area contributed by atoms with Gasteiger partial charge in [-0.2, -0.15) is 0 Å². The Kier molecular flexibility index (Phi) is 5.49. The van der Waals surface area contributed by atoms with Crippen LogP contribution in [0, 0.1) is 6.92 Å². The van der Waals surface area contributed by atoms with Crippen LogP contribution in [0.4, 0.5) is 0 Å². The summed E-state index contributed by atoms with van der Waals surface area (Å²) in [6.07, 6.45) is 1.77. The van der Waals surface area contributed by atoms with Crippen molar-refractivity contribution in [1.82, 2.24) is 0 Å². The molecule has 0 saturated carbocycles. The number of sulfone groups is 1. The largest absolute Gasteiger partial charge is 0.327 e. The number of thioether (sulfide) groups is 1. The summed E-state index contributed by atoms with van der Waals surface area (Å²) in [6, 6.07) is 8.14. The fourth-order valence-corrected chi connectivity index (χ4v) is 3.11. The molecule has 0 radical (unpaired) electrons. The van der Waals surface area contributed by atoms with Gasteiger partial charge in [0.25, 0.3) is 0 Å².